The van der Waals surface area contributed by atoms with Gasteiger partial charge in [0.05, 0.1) is 0 Å². The summed E-state index contributed by atoms with van der Waals surface area (Å²) in [5, 5.41) is 3.34. The number of hydrogen-bond acceptors (Lipinski definition) is 3. The zero-order chi connectivity index (χ0) is 11.8. The molecule has 3 heteroatoms. The molecule has 1 saturated heterocycles. The third-order valence-electron chi connectivity index (χ3n) is 2.66. The number of aryl methyl sites for hydroxylation is 1. The fraction of sp³-hybridized carbons (Fsp3) is 0.615. The van der Waals surface area contributed by atoms with Gasteiger partial charge >= 0.3 is 0 Å². The van der Waals surface area contributed by atoms with Gasteiger partial charge in [-0.1, -0.05) is 20.8 Å². The lowest BCUT2D eigenvalue weighted by Crippen LogP contribution is -2.43. The first-order valence-corrected chi connectivity index (χ1v) is 6.30. The number of nitrogens with one attached hydrogen (secondary N) is 1. The van der Waals surface area contributed by atoms with Crippen molar-refractivity contribution in [2.75, 3.05) is 31.1 Å². The van der Waals surface area contributed by atoms with E-state index in [4.69, 9.17) is 0 Å². The van der Waals surface area contributed by atoms with Gasteiger partial charge in [-0.25, -0.2) is 4.98 Å². The Morgan fingerprint density at radius 1 is 1.31 bits per heavy atom. The number of piperazine rings is 1. The van der Waals surface area contributed by atoms with Gasteiger partial charge in [-0.15, -0.1) is 0 Å². The number of hydrogen-bond donors (Lipinski definition) is 1. The van der Waals surface area contributed by atoms with Crippen LogP contribution in [0.3, 0.4) is 0 Å². The predicted octanol–water partition coefficient (Wildman–Crippen LogP) is 2.08. The molecule has 1 fully saturated rings. The van der Waals surface area contributed by atoms with Crippen LogP contribution >= 0.6 is 0 Å². The molecule has 0 saturated carbocycles. The van der Waals surface area contributed by atoms with E-state index in [0.717, 1.165) is 38.4 Å². The summed E-state index contributed by atoms with van der Waals surface area (Å²) in [6.45, 7) is 10.5. The maximum atomic E-state index is 4.41. The van der Waals surface area contributed by atoms with Gasteiger partial charge in [0.15, 0.2) is 0 Å². The fourth-order valence-corrected chi connectivity index (χ4v) is 1.75. The minimum atomic E-state index is 1.07. The van der Waals surface area contributed by atoms with Gasteiger partial charge in [0.25, 0.3) is 0 Å². The summed E-state index contributed by atoms with van der Waals surface area (Å²) < 4.78 is 0. The second-order valence-corrected chi connectivity index (χ2v) is 3.61. The lowest BCUT2D eigenvalue weighted by atomic mass is 10.2. The Kier molecular flexibility index (Phi) is 5.86. The Morgan fingerprint density at radius 3 is 2.62 bits per heavy atom. The Labute approximate surface area is 98.9 Å². The molecule has 0 atom stereocenters. The molecule has 0 amide bonds. The molecule has 90 valence electrons. The largest absolute Gasteiger partial charge is 0.354 e. The molecular formula is C13H23N3. The summed E-state index contributed by atoms with van der Waals surface area (Å²) in [7, 11) is 0. The number of nitrogens with zero attached hydrogens (tertiary/aromatic N) is 2. The van der Waals surface area contributed by atoms with Crippen molar-refractivity contribution >= 4 is 5.82 Å². The van der Waals surface area contributed by atoms with E-state index < -0.39 is 0 Å². The van der Waals surface area contributed by atoms with Crippen molar-refractivity contribution in [2.24, 2.45) is 0 Å². The number of rotatable bonds is 2. The van der Waals surface area contributed by atoms with Crippen LogP contribution in [-0.2, 0) is 6.42 Å². The Morgan fingerprint density at radius 2 is 2.00 bits per heavy atom. The molecule has 0 spiro atoms. The maximum absolute atomic E-state index is 4.41. The maximum Gasteiger partial charge on any atom is 0.128 e. The molecule has 1 aliphatic heterocycles. The topological polar surface area (TPSA) is 28.2 Å². The van der Waals surface area contributed by atoms with E-state index in [9.17, 15) is 0 Å². The molecule has 1 aliphatic rings. The molecule has 2 heterocycles. The van der Waals surface area contributed by atoms with Crippen LogP contribution in [-0.4, -0.2) is 31.2 Å². The summed E-state index contributed by atoms with van der Waals surface area (Å²) in [5.74, 6) is 1.13. The fourth-order valence-electron chi connectivity index (χ4n) is 1.75. The SMILES string of the molecule is CC.CCc1ccnc(N2CCNCC2)c1. The Hall–Kier alpha value is -1.09. The first kappa shape index (κ1) is 13.0. The summed E-state index contributed by atoms with van der Waals surface area (Å²) in [4.78, 5) is 6.75. The van der Waals surface area contributed by atoms with Crippen molar-refractivity contribution in [3.8, 4) is 0 Å². The highest BCUT2D eigenvalue weighted by molar-refractivity contribution is 5.41. The second-order valence-electron chi connectivity index (χ2n) is 3.61. The highest BCUT2D eigenvalue weighted by atomic mass is 15.2. The average molecular weight is 221 g/mol. The van der Waals surface area contributed by atoms with Gasteiger partial charge in [-0.3, -0.25) is 0 Å². The van der Waals surface area contributed by atoms with Gasteiger partial charge in [0, 0.05) is 32.4 Å². The molecule has 0 radical (unpaired) electrons. The van der Waals surface area contributed by atoms with E-state index in [0.29, 0.717) is 0 Å². The third-order valence-corrected chi connectivity index (χ3v) is 2.66. The quantitative estimate of drug-likeness (QED) is 0.829. The van der Waals surface area contributed by atoms with Crippen LogP contribution < -0.4 is 10.2 Å². The predicted molar refractivity (Wildman–Crippen MR) is 70.0 cm³/mol. The van der Waals surface area contributed by atoms with Crippen LogP contribution in [0, 0.1) is 0 Å². The van der Waals surface area contributed by atoms with Crippen molar-refractivity contribution in [1.82, 2.24) is 10.3 Å². The molecule has 0 aliphatic carbocycles. The van der Waals surface area contributed by atoms with Crippen LogP contribution in [0.25, 0.3) is 0 Å². The third kappa shape index (κ3) is 3.49. The van der Waals surface area contributed by atoms with Crippen molar-refractivity contribution in [3.05, 3.63) is 23.9 Å². The molecule has 2 rings (SSSR count). The van der Waals surface area contributed by atoms with E-state index in [-0.39, 0.29) is 0 Å². The minimum Gasteiger partial charge on any atom is -0.354 e. The first-order valence-electron chi connectivity index (χ1n) is 6.30. The lowest BCUT2D eigenvalue weighted by molar-refractivity contribution is 0.585. The van der Waals surface area contributed by atoms with Gasteiger partial charge < -0.3 is 10.2 Å². The van der Waals surface area contributed by atoms with Gasteiger partial charge in [-0.2, -0.15) is 0 Å². The molecule has 1 N–H and O–H groups in total. The molecule has 1 aromatic heterocycles. The van der Waals surface area contributed by atoms with Crippen LogP contribution in [0.2, 0.25) is 0 Å². The highest BCUT2D eigenvalue weighted by Gasteiger charge is 2.10. The van der Waals surface area contributed by atoms with E-state index in [1.807, 2.05) is 20.0 Å². The van der Waals surface area contributed by atoms with Gasteiger partial charge in [0.2, 0.25) is 0 Å². The van der Waals surface area contributed by atoms with Crippen molar-refractivity contribution in [2.45, 2.75) is 27.2 Å². The second kappa shape index (κ2) is 7.23. The number of pyridine rings is 1. The summed E-state index contributed by atoms with van der Waals surface area (Å²) in [6.07, 6.45) is 3.00. The number of aromatic nitrogens is 1. The molecule has 0 unspecified atom stereocenters. The van der Waals surface area contributed by atoms with Crippen molar-refractivity contribution < 1.29 is 0 Å². The minimum absolute atomic E-state index is 1.07. The summed E-state index contributed by atoms with van der Waals surface area (Å²) in [5.41, 5.74) is 1.37. The van der Waals surface area contributed by atoms with E-state index in [1.54, 1.807) is 0 Å². The molecule has 0 aromatic carbocycles. The molecular weight excluding hydrogens is 198 g/mol. The molecule has 0 bridgehead atoms. The van der Waals surface area contributed by atoms with Crippen LogP contribution in [0.5, 0.6) is 0 Å². The Bertz CT molecular complexity index is 293. The van der Waals surface area contributed by atoms with E-state index >= 15 is 0 Å². The van der Waals surface area contributed by atoms with Gasteiger partial charge in [0.1, 0.15) is 5.82 Å². The molecule has 3 nitrogen and oxygen atoms in total. The highest BCUT2D eigenvalue weighted by Crippen LogP contribution is 2.13. The average Bonchev–Trinajstić information content (AvgIpc) is 2.42. The standard InChI is InChI=1S/C11H17N3.C2H6/c1-2-10-3-4-13-11(9-10)14-7-5-12-6-8-14;1-2/h3-4,9,12H,2,5-8H2,1H3;1-2H3. The Balaban J connectivity index is 0.000000606. The zero-order valence-corrected chi connectivity index (χ0v) is 10.7. The zero-order valence-electron chi connectivity index (χ0n) is 10.7. The van der Waals surface area contributed by atoms with Crippen LogP contribution in [0.4, 0.5) is 5.82 Å². The lowest BCUT2D eigenvalue weighted by Gasteiger charge is -2.28. The molecule has 1 aromatic rings. The van der Waals surface area contributed by atoms with Crippen molar-refractivity contribution in [1.29, 1.82) is 0 Å². The van der Waals surface area contributed by atoms with Gasteiger partial charge in [-0.05, 0) is 24.1 Å². The monoisotopic (exact) mass is 221 g/mol. The van der Waals surface area contributed by atoms with E-state index in [1.165, 1.54) is 5.56 Å². The molecule has 16 heavy (non-hydrogen) atoms. The summed E-state index contributed by atoms with van der Waals surface area (Å²) in [6, 6.07) is 4.29. The van der Waals surface area contributed by atoms with Crippen molar-refractivity contribution in [3.63, 3.8) is 0 Å². The smallest absolute Gasteiger partial charge is 0.128 e. The first-order chi connectivity index (χ1) is 7.90. The van der Waals surface area contributed by atoms with Crippen LogP contribution in [0.15, 0.2) is 18.3 Å². The normalized spacial score (nSPS) is 15.3. The van der Waals surface area contributed by atoms with E-state index in [2.05, 4.69) is 34.3 Å². The van der Waals surface area contributed by atoms with Crippen LogP contribution in [0.1, 0.15) is 26.3 Å². The summed E-state index contributed by atoms with van der Waals surface area (Å²) >= 11 is 0. The number of anilines is 1.